The van der Waals surface area contributed by atoms with E-state index in [-0.39, 0.29) is 0 Å². The third kappa shape index (κ3) is 2.59. The molecule has 2 heteroatoms. The molecule has 0 saturated heterocycles. The fourth-order valence-corrected chi connectivity index (χ4v) is 2.63. The van der Waals surface area contributed by atoms with Gasteiger partial charge in [-0.3, -0.25) is 0 Å². The summed E-state index contributed by atoms with van der Waals surface area (Å²) < 4.78 is 2.43. The van der Waals surface area contributed by atoms with Gasteiger partial charge in [0.15, 0.2) is 0 Å². The van der Waals surface area contributed by atoms with Crippen LogP contribution in [0.25, 0.3) is 10.9 Å². The first-order valence-electron chi connectivity index (χ1n) is 7.01. The smallest absolute Gasteiger partial charge is 0.0483 e. The number of nitrogens with one attached hydrogen (secondary N) is 1. The Balaban J connectivity index is 2.37. The van der Waals surface area contributed by atoms with Crippen molar-refractivity contribution in [2.45, 2.75) is 39.8 Å². The molecule has 2 rings (SSSR count). The predicted octanol–water partition coefficient (Wildman–Crippen LogP) is 3.80. The number of benzene rings is 1. The largest absolute Gasteiger partial charge is 0.347 e. The number of rotatable bonds is 6. The van der Waals surface area contributed by atoms with Crippen LogP contribution in [0.1, 0.15) is 32.3 Å². The Hall–Kier alpha value is -1.28. The quantitative estimate of drug-likeness (QED) is 0.818. The lowest BCUT2D eigenvalue weighted by atomic mass is 10.0. The van der Waals surface area contributed by atoms with Crippen LogP contribution in [0.4, 0.5) is 0 Å². The first-order chi connectivity index (χ1) is 8.80. The number of hydrogen-bond acceptors (Lipinski definition) is 1. The van der Waals surface area contributed by atoms with Crippen LogP contribution in [-0.4, -0.2) is 11.6 Å². The van der Waals surface area contributed by atoms with Gasteiger partial charge < -0.3 is 9.88 Å². The lowest BCUT2D eigenvalue weighted by Crippen LogP contribution is -2.08. The van der Waals surface area contributed by atoms with Crippen LogP contribution in [-0.2, 0) is 13.1 Å². The average Bonchev–Trinajstić information content (AvgIpc) is 2.75. The molecule has 0 aliphatic heterocycles. The van der Waals surface area contributed by atoms with E-state index < -0.39 is 0 Å². The minimum absolute atomic E-state index is 0.781. The molecule has 0 radical (unpaired) electrons. The maximum Gasteiger partial charge on any atom is 0.0483 e. The molecule has 1 heterocycles. The minimum atomic E-state index is 0.781. The molecule has 2 nitrogen and oxygen atoms in total. The fraction of sp³-hybridized carbons (Fsp3) is 0.500. The van der Waals surface area contributed by atoms with Crippen LogP contribution in [0.15, 0.2) is 30.5 Å². The number of aromatic nitrogens is 1. The molecule has 0 bridgehead atoms. The van der Waals surface area contributed by atoms with Crippen molar-refractivity contribution in [2.75, 3.05) is 7.05 Å². The molecule has 0 amide bonds. The molecule has 18 heavy (non-hydrogen) atoms. The first-order valence-corrected chi connectivity index (χ1v) is 7.01. The summed E-state index contributed by atoms with van der Waals surface area (Å²) in [4.78, 5) is 0. The van der Waals surface area contributed by atoms with Gasteiger partial charge in [-0.05, 0) is 24.6 Å². The summed E-state index contributed by atoms with van der Waals surface area (Å²) in [5.74, 6) is 0.781. The zero-order chi connectivity index (χ0) is 13.0. The van der Waals surface area contributed by atoms with E-state index in [1.807, 2.05) is 7.05 Å². The highest BCUT2D eigenvalue weighted by Gasteiger charge is 2.10. The summed E-state index contributed by atoms with van der Waals surface area (Å²) in [7, 11) is 2.01. The van der Waals surface area contributed by atoms with Crippen molar-refractivity contribution in [3.05, 3.63) is 36.0 Å². The Bertz CT molecular complexity index is 495. The first kappa shape index (κ1) is 13.2. The zero-order valence-corrected chi connectivity index (χ0v) is 11.7. The summed E-state index contributed by atoms with van der Waals surface area (Å²) in [6, 6.07) is 8.72. The van der Waals surface area contributed by atoms with Crippen LogP contribution in [0.2, 0.25) is 0 Å². The number of para-hydroxylation sites is 1. The Labute approximate surface area is 110 Å². The molecule has 1 aromatic heterocycles. The monoisotopic (exact) mass is 244 g/mol. The van der Waals surface area contributed by atoms with Crippen molar-refractivity contribution < 1.29 is 0 Å². The number of hydrogen-bond donors (Lipinski definition) is 1. The van der Waals surface area contributed by atoms with Gasteiger partial charge in [0.05, 0.1) is 0 Å². The summed E-state index contributed by atoms with van der Waals surface area (Å²) >= 11 is 0. The molecule has 98 valence electrons. The fourth-order valence-electron chi connectivity index (χ4n) is 2.63. The van der Waals surface area contributed by atoms with E-state index in [1.54, 1.807) is 0 Å². The molecule has 1 N–H and O–H groups in total. The summed E-state index contributed by atoms with van der Waals surface area (Å²) in [6.45, 7) is 6.65. The maximum atomic E-state index is 3.26. The van der Waals surface area contributed by atoms with Crippen LogP contribution >= 0.6 is 0 Å². The zero-order valence-electron chi connectivity index (χ0n) is 11.7. The van der Waals surface area contributed by atoms with E-state index in [0.29, 0.717) is 0 Å². The standard InChI is InChI=1S/C16H24N2/c1-4-13(5-2)11-18-12-14(10-17-3)15-8-6-7-9-16(15)18/h6-9,12-13,17H,4-5,10-11H2,1-3H3. The van der Waals surface area contributed by atoms with Crippen LogP contribution in [0.3, 0.4) is 0 Å². The van der Waals surface area contributed by atoms with Crippen LogP contribution in [0.5, 0.6) is 0 Å². The third-order valence-corrected chi connectivity index (χ3v) is 3.85. The molecule has 0 aliphatic rings. The van der Waals surface area contributed by atoms with Crippen molar-refractivity contribution >= 4 is 10.9 Å². The van der Waals surface area contributed by atoms with Crippen molar-refractivity contribution in [2.24, 2.45) is 5.92 Å². The van der Waals surface area contributed by atoms with Gasteiger partial charge in [-0.25, -0.2) is 0 Å². The maximum absolute atomic E-state index is 3.26. The van der Waals surface area contributed by atoms with Gasteiger partial charge in [0.25, 0.3) is 0 Å². The Kier molecular flexibility index (Phi) is 4.43. The van der Waals surface area contributed by atoms with E-state index in [2.05, 4.69) is 54.2 Å². The Morgan fingerprint density at radius 3 is 2.56 bits per heavy atom. The summed E-state index contributed by atoms with van der Waals surface area (Å²) in [5.41, 5.74) is 2.77. The molecular weight excluding hydrogens is 220 g/mol. The predicted molar refractivity (Wildman–Crippen MR) is 78.8 cm³/mol. The topological polar surface area (TPSA) is 17.0 Å². The van der Waals surface area contributed by atoms with E-state index in [0.717, 1.165) is 19.0 Å². The molecule has 0 fully saturated rings. The van der Waals surface area contributed by atoms with Gasteiger partial charge in [0, 0.05) is 30.2 Å². The molecule has 1 aromatic carbocycles. The van der Waals surface area contributed by atoms with Crippen molar-refractivity contribution in [3.8, 4) is 0 Å². The van der Waals surface area contributed by atoms with Gasteiger partial charge in [-0.15, -0.1) is 0 Å². The highest BCUT2D eigenvalue weighted by atomic mass is 15.0. The van der Waals surface area contributed by atoms with Gasteiger partial charge in [-0.1, -0.05) is 44.9 Å². The normalized spacial score (nSPS) is 11.6. The second-order valence-electron chi connectivity index (χ2n) is 5.04. The Morgan fingerprint density at radius 1 is 1.17 bits per heavy atom. The van der Waals surface area contributed by atoms with E-state index >= 15 is 0 Å². The van der Waals surface area contributed by atoms with Crippen molar-refractivity contribution in [1.82, 2.24) is 9.88 Å². The van der Waals surface area contributed by atoms with Crippen molar-refractivity contribution in [1.29, 1.82) is 0 Å². The van der Waals surface area contributed by atoms with E-state index in [1.165, 1.54) is 29.3 Å². The van der Waals surface area contributed by atoms with Gasteiger partial charge >= 0.3 is 0 Å². The molecular formula is C16H24N2. The van der Waals surface area contributed by atoms with Gasteiger partial charge in [0.2, 0.25) is 0 Å². The van der Waals surface area contributed by atoms with Crippen LogP contribution in [0, 0.1) is 5.92 Å². The molecule has 0 spiro atoms. The molecule has 0 saturated carbocycles. The number of fused-ring (bicyclic) bond motifs is 1. The van der Waals surface area contributed by atoms with E-state index in [9.17, 15) is 0 Å². The highest BCUT2D eigenvalue weighted by Crippen LogP contribution is 2.23. The second-order valence-corrected chi connectivity index (χ2v) is 5.04. The summed E-state index contributed by atoms with van der Waals surface area (Å²) in [5, 5.41) is 4.64. The molecule has 0 aliphatic carbocycles. The lowest BCUT2D eigenvalue weighted by Gasteiger charge is -2.14. The average molecular weight is 244 g/mol. The third-order valence-electron chi connectivity index (χ3n) is 3.85. The van der Waals surface area contributed by atoms with Gasteiger partial charge in [-0.2, -0.15) is 0 Å². The Morgan fingerprint density at radius 2 is 1.89 bits per heavy atom. The molecule has 2 aromatic rings. The lowest BCUT2D eigenvalue weighted by molar-refractivity contribution is 0.425. The molecule has 0 atom stereocenters. The SMILES string of the molecule is CCC(CC)Cn1cc(CNC)c2ccccc21. The number of nitrogens with zero attached hydrogens (tertiary/aromatic N) is 1. The van der Waals surface area contributed by atoms with Gasteiger partial charge in [0.1, 0.15) is 0 Å². The summed E-state index contributed by atoms with van der Waals surface area (Å²) in [6.07, 6.45) is 4.83. The van der Waals surface area contributed by atoms with E-state index in [4.69, 9.17) is 0 Å². The second kappa shape index (κ2) is 6.05. The minimum Gasteiger partial charge on any atom is -0.347 e. The molecule has 0 unspecified atom stereocenters. The van der Waals surface area contributed by atoms with Crippen LogP contribution < -0.4 is 5.32 Å². The van der Waals surface area contributed by atoms with Crippen molar-refractivity contribution in [3.63, 3.8) is 0 Å². The highest BCUT2D eigenvalue weighted by molar-refractivity contribution is 5.83.